The average Bonchev–Trinajstić information content (AvgIpc) is 3.56. The highest BCUT2D eigenvalue weighted by Crippen LogP contribution is 2.31. The molecule has 1 fully saturated rings. The molecule has 1 saturated heterocycles. The van der Waals surface area contributed by atoms with E-state index in [-0.39, 0.29) is 24.4 Å². The van der Waals surface area contributed by atoms with Crippen LogP contribution in [0, 0.1) is 0 Å². The van der Waals surface area contributed by atoms with Crippen molar-refractivity contribution in [1.82, 2.24) is 18.7 Å². The predicted molar refractivity (Wildman–Crippen MR) is 122 cm³/mol. The van der Waals surface area contributed by atoms with Gasteiger partial charge in [0, 0.05) is 29.4 Å². The lowest BCUT2D eigenvalue weighted by Crippen LogP contribution is -2.27. The van der Waals surface area contributed by atoms with Gasteiger partial charge in [0.15, 0.2) is 0 Å². The molecule has 0 saturated carbocycles. The topological polar surface area (TPSA) is 103 Å². The highest BCUT2D eigenvalue weighted by atomic mass is 32.2. The van der Waals surface area contributed by atoms with Gasteiger partial charge in [-0.25, -0.2) is 22.3 Å². The predicted octanol–water partition coefficient (Wildman–Crippen LogP) is 2.42. The Balaban J connectivity index is 1.53. The van der Waals surface area contributed by atoms with Crippen molar-refractivity contribution in [3.05, 3.63) is 70.0 Å². The Bertz CT molecular complexity index is 1290. The van der Waals surface area contributed by atoms with E-state index in [1.807, 2.05) is 18.2 Å². The summed E-state index contributed by atoms with van der Waals surface area (Å²) in [5, 5.41) is 4.03. The molecule has 0 radical (unpaired) electrons. The molecule has 32 heavy (non-hydrogen) atoms. The van der Waals surface area contributed by atoms with Crippen molar-refractivity contribution in [3.63, 3.8) is 0 Å². The molecule has 0 bridgehead atoms. The van der Waals surface area contributed by atoms with Crippen LogP contribution < -0.4 is 11.4 Å². The van der Waals surface area contributed by atoms with Gasteiger partial charge < -0.3 is 5.73 Å². The summed E-state index contributed by atoms with van der Waals surface area (Å²) in [5.74, 6) is 0. The van der Waals surface area contributed by atoms with E-state index in [1.54, 1.807) is 18.2 Å². The number of benzene rings is 1. The molecule has 0 spiro atoms. The highest BCUT2D eigenvalue weighted by Gasteiger charge is 2.27. The summed E-state index contributed by atoms with van der Waals surface area (Å²) in [5.41, 5.74) is 6.18. The smallest absolute Gasteiger partial charge is 0.327 e. The normalized spacial score (nSPS) is 15.5. The standard InChI is InChI=1S/C21H24FN5O3S2/c22-11-16(12-23)13-27-21(28)25(15-24-27)14-18-6-7-20(31-18)17-4-3-5-19(10-17)32(29,30)26-8-1-2-9-26/h3-7,10-11,15H,1-2,8-9,12-14,23H2/b16-11+. The molecule has 170 valence electrons. The number of nitrogens with zero attached hydrogens (tertiary/aromatic N) is 4. The minimum atomic E-state index is -3.49. The van der Waals surface area contributed by atoms with Gasteiger partial charge in [0.25, 0.3) is 0 Å². The number of rotatable bonds is 8. The van der Waals surface area contributed by atoms with E-state index >= 15 is 0 Å². The van der Waals surface area contributed by atoms with Gasteiger partial charge in [-0.15, -0.1) is 11.3 Å². The molecule has 11 heteroatoms. The maximum absolute atomic E-state index is 12.9. The van der Waals surface area contributed by atoms with Gasteiger partial charge in [0.2, 0.25) is 10.0 Å². The monoisotopic (exact) mass is 477 g/mol. The van der Waals surface area contributed by atoms with Crippen LogP contribution in [0.1, 0.15) is 17.7 Å². The second-order valence-corrected chi connectivity index (χ2v) is 10.7. The molecular formula is C21H24FN5O3S2. The van der Waals surface area contributed by atoms with Crippen LogP contribution in [-0.4, -0.2) is 46.7 Å². The lowest BCUT2D eigenvalue weighted by atomic mass is 10.2. The molecule has 4 rings (SSSR count). The number of hydrogen-bond acceptors (Lipinski definition) is 6. The van der Waals surface area contributed by atoms with Crippen LogP contribution >= 0.6 is 11.3 Å². The maximum Gasteiger partial charge on any atom is 0.346 e. The second-order valence-electron chi connectivity index (χ2n) is 7.58. The van der Waals surface area contributed by atoms with Gasteiger partial charge in [-0.05, 0) is 48.2 Å². The zero-order chi connectivity index (χ0) is 22.7. The molecule has 0 aliphatic carbocycles. The number of halogens is 1. The second kappa shape index (κ2) is 9.49. The number of hydrogen-bond donors (Lipinski definition) is 1. The van der Waals surface area contributed by atoms with Crippen LogP contribution in [-0.2, 0) is 23.1 Å². The Kier molecular flexibility index (Phi) is 6.70. The number of sulfonamides is 1. The Morgan fingerprint density at radius 2 is 2.00 bits per heavy atom. The molecule has 0 unspecified atom stereocenters. The first kappa shape index (κ1) is 22.6. The summed E-state index contributed by atoms with van der Waals surface area (Å²) in [6.45, 7) is 1.45. The molecular weight excluding hydrogens is 453 g/mol. The van der Waals surface area contributed by atoms with Crippen molar-refractivity contribution in [2.24, 2.45) is 5.73 Å². The lowest BCUT2D eigenvalue weighted by Gasteiger charge is -2.15. The Hall–Kier alpha value is -2.60. The van der Waals surface area contributed by atoms with Crippen LogP contribution in [0.4, 0.5) is 4.39 Å². The lowest BCUT2D eigenvalue weighted by molar-refractivity contribution is 0.477. The van der Waals surface area contributed by atoms with Crippen LogP contribution in [0.5, 0.6) is 0 Å². The summed E-state index contributed by atoms with van der Waals surface area (Å²) in [7, 11) is -3.49. The minimum absolute atomic E-state index is 0.00675. The van der Waals surface area contributed by atoms with Crippen molar-refractivity contribution < 1.29 is 12.8 Å². The van der Waals surface area contributed by atoms with Crippen LogP contribution in [0.3, 0.4) is 0 Å². The fraction of sp³-hybridized carbons (Fsp3) is 0.333. The molecule has 3 aromatic rings. The van der Waals surface area contributed by atoms with Gasteiger partial charge in [0.05, 0.1) is 24.3 Å². The number of nitrogens with two attached hydrogens (primary N) is 1. The Labute approximate surface area is 189 Å². The first-order chi connectivity index (χ1) is 15.4. The van der Waals surface area contributed by atoms with Crippen molar-refractivity contribution in [1.29, 1.82) is 0 Å². The summed E-state index contributed by atoms with van der Waals surface area (Å²) < 4.78 is 42.6. The van der Waals surface area contributed by atoms with Crippen LogP contribution in [0.2, 0.25) is 0 Å². The molecule has 1 aliphatic heterocycles. The number of thiophene rings is 1. The molecule has 8 nitrogen and oxygen atoms in total. The van der Waals surface area contributed by atoms with Crippen molar-refractivity contribution in [2.75, 3.05) is 19.6 Å². The van der Waals surface area contributed by atoms with Gasteiger partial charge in [0.1, 0.15) is 6.33 Å². The van der Waals surface area contributed by atoms with E-state index in [0.29, 0.717) is 30.9 Å². The van der Waals surface area contributed by atoms with Crippen molar-refractivity contribution in [3.8, 4) is 10.4 Å². The third kappa shape index (κ3) is 4.60. The summed E-state index contributed by atoms with van der Waals surface area (Å²) in [6, 6.07) is 10.8. The first-order valence-electron chi connectivity index (χ1n) is 10.2. The third-order valence-electron chi connectivity index (χ3n) is 5.38. The first-order valence-corrected chi connectivity index (χ1v) is 12.5. The summed E-state index contributed by atoms with van der Waals surface area (Å²) in [6.07, 6.45) is 3.59. The zero-order valence-corrected chi connectivity index (χ0v) is 19.0. The van der Waals surface area contributed by atoms with Crippen LogP contribution in [0.15, 0.2) is 64.3 Å². The largest absolute Gasteiger partial charge is 0.346 e. The van der Waals surface area contributed by atoms with Gasteiger partial charge in [-0.2, -0.15) is 9.40 Å². The van der Waals surface area contributed by atoms with E-state index in [0.717, 1.165) is 28.2 Å². The van der Waals surface area contributed by atoms with E-state index in [4.69, 9.17) is 5.73 Å². The van der Waals surface area contributed by atoms with E-state index < -0.39 is 10.0 Å². The Morgan fingerprint density at radius 1 is 1.22 bits per heavy atom. The molecule has 3 heterocycles. The van der Waals surface area contributed by atoms with E-state index in [2.05, 4.69) is 5.10 Å². The average molecular weight is 478 g/mol. The Morgan fingerprint density at radius 3 is 2.72 bits per heavy atom. The van der Waals surface area contributed by atoms with E-state index in [1.165, 1.54) is 31.2 Å². The highest BCUT2D eigenvalue weighted by molar-refractivity contribution is 7.89. The van der Waals surface area contributed by atoms with Gasteiger partial charge >= 0.3 is 5.69 Å². The fourth-order valence-electron chi connectivity index (χ4n) is 3.60. The zero-order valence-electron chi connectivity index (χ0n) is 17.4. The van der Waals surface area contributed by atoms with E-state index in [9.17, 15) is 17.6 Å². The summed E-state index contributed by atoms with van der Waals surface area (Å²) in [4.78, 5) is 14.6. The van der Waals surface area contributed by atoms with Crippen molar-refractivity contribution in [2.45, 2.75) is 30.8 Å². The SMILES string of the molecule is NC/C(=C\F)Cn1ncn(Cc2ccc(-c3cccc(S(=O)(=O)N4CCCC4)c3)s2)c1=O. The minimum Gasteiger partial charge on any atom is -0.327 e. The summed E-state index contributed by atoms with van der Waals surface area (Å²) >= 11 is 1.48. The number of aromatic nitrogens is 3. The molecule has 1 aromatic carbocycles. The van der Waals surface area contributed by atoms with Gasteiger partial charge in [-0.1, -0.05) is 12.1 Å². The van der Waals surface area contributed by atoms with Crippen LogP contribution in [0.25, 0.3) is 10.4 Å². The molecule has 0 amide bonds. The molecule has 2 N–H and O–H groups in total. The fourth-order valence-corrected chi connectivity index (χ4v) is 6.16. The quantitative estimate of drug-likeness (QED) is 0.537. The third-order valence-corrected chi connectivity index (χ3v) is 8.39. The molecule has 0 atom stereocenters. The van der Waals surface area contributed by atoms with Gasteiger partial charge in [-0.3, -0.25) is 4.57 Å². The van der Waals surface area contributed by atoms with Crippen molar-refractivity contribution >= 4 is 21.4 Å². The molecule has 1 aliphatic rings. The molecule has 2 aromatic heterocycles. The maximum atomic E-state index is 12.9.